The van der Waals surface area contributed by atoms with Gasteiger partial charge in [-0.15, -0.1) is 0 Å². The molecule has 0 saturated carbocycles. The zero-order valence-electron chi connectivity index (χ0n) is 28.5. The van der Waals surface area contributed by atoms with E-state index in [9.17, 15) is 14.7 Å². The Balaban J connectivity index is 1.38. The number of ether oxygens (including phenoxy) is 1. The highest BCUT2D eigenvalue weighted by Crippen LogP contribution is 2.46. The lowest BCUT2D eigenvalue weighted by molar-refractivity contribution is 0.0665. The van der Waals surface area contributed by atoms with Crippen LogP contribution in [0.2, 0.25) is 15.1 Å². The molecule has 3 aromatic carbocycles. The molecule has 3 aromatic heterocycles. The maximum absolute atomic E-state index is 14.9. The summed E-state index contributed by atoms with van der Waals surface area (Å²) in [6.07, 6.45) is 1.16. The second-order valence-corrected chi connectivity index (χ2v) is 14.3. The van der Waals surface area contributed by atoms with Gasteiger partial charge in [0.1, 0.15) is 11.4 Å². The van der Waals surface area contributed by atoms with Crippen LogP contribution in [-0.2, 0) is 13.5 Å². The maximum Gasteiger partial charge on any atom is 0.371 e. The molecule has 0 aliphatic carbocycles. The smallest absolute Gasteiger partial charge is 0.371 e. The minimum atomic E-state index is -1.21. The van der Waals surface area contributed by atoms with Gasteiger partial charge in [0, 0.05) is 57.3 Å². The first-order chi connectivity index (χ1) is 23.8. The van der Waals surface area contributed by atoms with Gasteiger partial charge in [-0.05, 0) is 101 Å². The highest BCUT2D eigenvalue weighted by Gasteiger charge is 2.38. The molecule has 12 heteroatoms. The van der Waals surface area contributed by atoms with Gasteiger partial charge in [0.25, 0.3) is 5.91 Å². The number of benzene rings is 3. The number of fused-ring (bicyclic) bond motifs is 4. The van der Waals surface area contributed by atoms with Gasteiger partial charge in [0.15, 0.2) is 5.58 Å². The van der Waals surface area contributed by atoms with E-state index in [0.29, 0.717) is 46.3 Å². The summed E-state index contributed by atoms with van der Waals surface area (Å²) in [5.41, 5.74) is 8.41. The van der Waals surface area contributed by atoms with Gasteiger partial charge >= 0.3 is 5.97 Å². The number of carboxylic acid groups (broad SMARTS) is 1. The minimum absolute atomic E-state index is 0.215. The summed E-state index contributed by atoms with van der Waals surface area (Å²) in [4.78, 5) is 28.3. The molecule has 0 fully saturated rings. The number of aromatic nitrogens is 3. The van der Waals surface area contributed by atoms with Crippen LogP contribution < -0.4 is 9.64 Å². The van der Waals surface area contributed by atoms with Crippen LogP contribution in [0.1, 0.15) is 68.5 Å². The predicted molar refractivity (Wildman–Crippen MR) is 198 cm³/mol. The number of aromatic carboxylic acids is 1. The summed E-state index contributed by atoms with van der Waals surface area (Å²) in [5, 5.41) is 17.4. The number of hydrogen-bond donors (Lipinski definition) is 1. The zero-order chi connectivity index (χ0) is 35.8. The van der Waals surface area contributed by atoms with Crippen LogP contribution in [-0.4, -0.2) is 44.5 Å². The third-order valence-corrected chi connectivity index (χ3v) is 10.8. The first-order valence-electron chi connectivity index (χ1n) is 16.3. The van der Waals surface area contributed by atoms with E-state index in [1.165, 1.54) is 6.07 Å². The molecule has 1 amide bonds. The second kappa shape index (κ2) is 12.7. The van der Waals surface area contributed by atoms with E-state index in [2.05, 4.69) is 16.6 Å². The molecule has 6 aromatic rings. The fourth-order valence-corrected chi connectivity index (χ4v) is 7.92. The highest BCUT2D eigenvalue weighted by atomic mass is 35.5. The summed E-state index contributed by atoms with van der Waals surface area (Å²) < 4.78 is 15.9. The lowest BCUT2D eigenvalue weighted by Gasteiger charge is -2.34. The normalized spacial score (nSPS) is 14.6. The number of nitrogens with zero attached hydrogens (tertiary/aromatic N) is 4. The molecule has 4 heterocycles. The molecular weight excluding hydrogens is 699 g/mol. The standard InChI is InChI=1S/C38H35Cl3N4O5/c1-18-12-25(13-19(2)33(18)41)49-11-7-8-26-27-9-10-28(40)32(31-21(4)42-43(6)22(31)5)34(27)45-20(3)17-44(37(46)35(26)45)29-16-24(39)14-23-15-30(38(47)48)50-36(23)29/h9-10,12-16,20H,7-8,11,17H2,1-6H3,(H,47,48). The van der Waals surface area contributed by atoms with Gasteiger partial charge < -0.3 is 23.7 Å². The number of aryl methyl sites for hydroxylation is 5. The molecule has 1 aliphatic heterocycles. The van der Waals surface area contributed by atoms with Crippen molar-refractivity contribution in [1.82, 2.24) is 14.3 Å². The molecule has 0 saturated heterocycles. The third-order valence-electron chi connectivity index (χ3n) is 9.63. The Labute approximate surface area is 303 Å². The van der Waals surface area contributed by atoms with E-state index in [-0.39, 0.29) is 29.8 Å². The molecule has 258 valence electrons. The largest absolute Gasteiger partial charge is 0.494 e. The Morgan fingerprint density at radius 3 is 2.42 bits per heavy atom. The number of amides is 1. The van der Waals surface area contributed by atoms with Gasteiger partial charge in [-0.1, -0.05) is 40.9 Å². The van der Waals surface area contributed by atoms with Gasteiger partial charge in [-0.3, -0.25) is 9.48 Å². The third kappa shape index (κ3) is 5.52. The van der Waals surface area contributed by atoms with Crippen molar-refractivity contribution in [2.45, 2.75) is 53.5 Å². The van der Waals surface area contributed by atoms with Crippen LogP contribution in [0.4, 0.5) is 5.69 Å². The maximum atomic E-state index is 14.9. The number of carbonyl (C=O) groups excluding carboxylic acids is 1. The number of carbonyl (C=O) groups is 2. The molecule has 0 radical (unpaired) electrons. The van der Waals surface area contributed by atoms with Crippen molar-refractivity contribution >= 4 is 74.2 Å². The quantitative estimate of drug-likeness (QED) is 0.156. The Morgan fingerprint density at radius 1 is 1.04 bits per heavy atom. The van der Waals surface area contributed by atoms with E-state index >= 15 is 0 Å². The Hall–Kier alpha value is -4.44. The summed E-state index contributed by atoms with van der Waals surface area (Å²) in [7, 11) is 1.91. The molecule has 1 unspecified atom stereocenters. The minimum Gasteiger partial charge on any atom is -0.494 e. The SMILES string of the molecule is Cc1cc(OCCCc2c3n(c4c(-c5c(C)nn(C)c5C)c(Cl)ccc24)C(C)CN(c2cc(Cl)cc4cc(C(=O)O)oc24)C3=O)cc(C)c1Cl. The van der Waals surface area contributed by atoms with Crippen LogP contribution in [0, 0.1) is 27.7 Å². The molecule has 9 nitrogen and oxygen atoms in total. The van der Waals surface area contributed by atoms with Gasteiger partial charge in [0.05, 0.1) is 28.5 Å². The summed E-state index contributed by atoms with van der Waals surface area (Å²) >= 11 is 20.0. The van der Waals surface area contributed by atoms with Gasteiger partial charge in [-0.2, -0.15) is 5.10 Å². The van der Waals surface area contributed by atoms with Crippen molar-refractivity contribution in [2.24, 2.45) is 7.05 Å². The van der Waals surface area contributed by atoms with Crippen LogP contribution in [0.5, 0.6) is 5.75 Å². The number of anilines is 1. The van der Waals surface area contributed by atoms with Gasteiger partial charge in [0.2, 0.25) is 5.76 Å². The fourth-order valence-electron chi connectivity index (χ4n) is 7.34. The number of halogens is 3. The number of furan rings is 1. The molecule has 1 N–H and O–H groups in total. The topological polar surface area (TPSA) is 103 Å². The first kappa shape index (κ1) is 34.0. The van der Waals surface area contributed by atoms with Crippen molar-refractivity contribution < 1.29 is 23.8 Å². The van der Waals surface area contributed by atoms with E-state index < -0.39 is 5.97 Å². The van der Waals surface area contributed by atoms with Crippen molar-refractivity contribution in [2.75, 3.05) is 18.1 Å². The first-order valence-corrected chi connectivity index (χ1v) is 17.4. The van der Waals surface area contributed by atoms with Crippen molar-refractivity contribution in [3.63, 3.8) is 0 Å². The average Bonchev–Trinajstić information content (AvgIpc) is 3.71. The van der Waals surface area contributed by atoms with Crippen LogP contribution in [0.25, 0.3) is 33.0 Å². The molecule has 1 atom stereocenters. The second-order valence-electron chi connectivity index (χ2n) is 13.0. The summed E-state index contributed by atoms with van der Waals surface area (Å²) in [5.74, 6) is -0.952. The number of rotatable bonds is 8. The summed E-state index contributed by atoms with van der Waals surface area (Å²) in [6.45, 7) is 10.6. The van der Waals surface area contributed by atoms with Gasteiger partial charge in [-0.25, -0.2) is 4.79 Å². The Kier molecular flexibility index (Phi) is 8.65. The zero-order valence-corrected chi connectivity index (χ0v) is 30.7. The Bertz CT molecular complexity index is 2360. The predicted octanol–water partition coefficient (Wildman–Crippen LogP) is 9.91. The molecule has 0 spiro atoms. The molecular formula is C38H35Cl3N4O5. The van der Waals surface area contributed by atoms with Crippen LogP contribution in [0.3, 0.4) is 0 Å². The molecule has 7 rings (SSSR count). The monoisotopic (exact) mass is 732 g/mol. The van der Waals surface area contributed by atoms with Crippen LogP contribution >= 0.6 is 34.8 Å². The van der Waals surface area contributed by atoms with E-state index in [1.54, 1.807) is 17.0 Å². The number of hydrogen-bond acceptors (Lipinski definition) is 5. The van der Waals surface area contributed by atoms with Crippen molar-refractivity contribution in [3.8, 4) is 16.9 Å². The lowest BCUT2D eigenvalue weighted by Crippen LogP contribution is -2.42. The summed E-state index contributed by atoms with van der Waals surface area (Å²) in [6, 6.07) is 12.2. The van der Waals surface area contributed by atoms with Crippen molar-refractivity contribution in [1.29, 1.82) is 0 Å². The Morgan fingerprint density at radius 2 is 1.76 bits per heavy atom. The van der Waals surface area contributed by atoms with Crippen LogP contribution in [0.15, 0.2) is 46.9 Å². The lowest BCUT2D eigenvalue weighted by atomic mass is 9.98. The molecule has 1 aliphatic rings. The average molecular weight is 734 g/mol. The van der Waals surface area contributed by atoms with E-state index in [1.807, 2.05) is 63.7 Å². The highest BCUT2D eigenvalue weighted by molar-refractivity contribution is 6.35. The molecule has 50 heavy (non-hydrogen) atoms. The number of carboxylic acids is 1. The molecule has 0 bridgehead atoms. The van der Waals surface area contributed by atoms with E-state index in [4.69, 9.17) is 44.0 Å². The van der Waals surface area contributed by atoms with E-state index in [0.717, 1.165) is 60.9 Å². The van der Waals surface area contributed by atoms with Crippen molar-refractivity contribution in [3.05, 3.63) is 97.1 Å². The fraction of sp³-hybridized carbons (Fsp3) is 0.289.